The summed E-state index contributed by atoms with van der Waals surface area (Å²) in [7, 11) is 0. The maximum atomic E-state index is 4.54. The largest absolute Gasteiger partial charge is 0.305 e. The van der Waals surface area contributed by atoms with Crippen LogP contribution in [0.1, 0.15) is 32.2 Å². The summed E-state index contributed by atoms with van der Waals surface area (Å²) in [4.78, 5) is 4.54. The molecule has 2 nitrogen and oxygen atoms in total. The Labute approximate surface area is 106 Å². The Kier molecular flexibility index (Phi) is 3.62. The van der Waals surface area contributed by atoms with E-state index in [0.717, 1.165) is 12.3 Å². The maximum absolute atomic E-state index is 4.54. The number of nitrogens with zero attached hydrogens (tertiary/aromatic N) is 1. The van der Waals surface area contributed by atoms with Crippen molar-refractivity contribution < 1.29 is 0 Å². The number of hydrogen-bond donors (Lipinski definition) is 1. The van der Waals surface area contributed by atoms with Crippen LogP contribution in [0.5, 0.6) is 0 Å². The molecule has 0 spiro atoms. The van der Waals surface area contributed by atoms with E-state index in [9.17, 15) is 0 Å². The quantitative estimate of drug-likeness (QED) is 0.899. The van der Waals surface area contributed by atoms with Crippen LogP contribution < -0.4 is 5.32 Å². The minimum atomic E-state index is 0.106. The number of aromatic nitrogens is 1. The topological polar surface area (TPSA) is 24.9 Å². The SMILES string of the molecule is CCNC1(c2nccs2)CSCC(C)(C)C1. The Morgan fingerprint density at radius 3 is 2.81 bits per heavy atom. The van der Waals surface area contributed by atoms with Gasteiger partial charge in [0.1, 0.15) is 5.01 Å². The molecule has 0 aromatic carbocycles. The third-order valence-electron chi connectivity index (χ3n) is 2.98. The molecule has 16 heavy (non-hydrogen) atoms. The first-order chi connectivity index (χ1) is 7.58. The van der Waals surface area contributed by atoms with Gasteiger partial charge in [0.05, 0.1) is 5.54 Å². The van der Waals surface area contributed by atoms with Crippen LogP contribution in [0.25, 0.3) is 0 Å². The first-order valence-electron chi connectivity index (χ1n) is 5.81. The molecule has 0 bridgehead atoms. The lowest BCUT2D eigenvalue weighted by Gasteiger charge is -2.43. The minimum Gasteiger partial charge on any atom is -0.305 e. The van der Waals surface area contributed by atoms with Crippen LogP contribution in [-0.2, 0) is 5.54 Å². The van der Waals surface area contributed by atoms with Gasteiger partial charge in [-0.1, -0.05) is 20.8 Å². The van der Waals surface area contributed by atoms with Gasteiger partial charge in [-0.2, -0.15) is 11.8 Å². The predicted octanol–water partition coefficient (Wildman–Crippen LogP) is 3.11. The zero-order valence-electron chi connectivity index (χ0n) is 10.2. The molecule has 0 saturated carbocycles. The summed E-state index contributed by atoms with van der Waals surface area (Å²) < 4.78 is 0. The lowest BCUT2D eigenvalue weighted by atomic mass is 9.80. The van der Waals surface area contributed by atoms with Crippen molar-refractivity contribution in [3.8, 4) is 0 Å². The van der Waals surface area contributed by atoms with E-state index in [0.29, 0.717) is 5.41 Å². The average Bonchev–Trinajstić information content (AvgIpc) is 2.69. The second-order valence-corrected chi connectivity index (χ2v) is 7.16. The van der Waals surface area contributed by atoms with Gasteiger partial charge in [-0.3, -0.25) is 0 Å². The van der Waals surface area contributed by atoms with E-state index in [4.69, 9.17) is 0 Å². The maximum Gasteiger partial charge on any atom is 0.114 e. The van der Waals surface area contributed by atoms with Gasteiger partial charge in [0.15, 0.2) is 0 Å². The van der Waals surface area contributed by atoms with Crippen molar-refractivity contribution in [2.24, 2.45) is 5.41 Å². The summed E-state index contributed by atoms with van der Waals surface area (Å²) >= 11 is 3.83. The van der Waals surface area contributed by atoms with Crippen LogP contribution in [0, 0.1) is 5.41 Å². The normalized spacial score (nSPS) is 29.2. The number of thiazole rings is 1. The van der Waals surface area contributed by atoms with Crippen LogP contribution in [0.3, 0.4) is 0 Å². The van der Waals surface area contributed by atoms with E-state index in [-0.39, 0.29) is 5.54 Å². The molecule has 1 aromatic heterocycles. The molecule has 0 radical (unpaired) electrons. The molecule has 0 aliphatic carbocycles. The summed E-state index contributed by atoms with van der Waals surface area (Å²) in [6.45, 7) is 7.91. The zero-order valence-corrected chi connectivity index (χ0v) is 11.9. The van der Waals surface area contributed by atoms with Crippen LogP contribution in [0.4, 0.5) is 0 Å². The summed E-state index contributed by atoms with van der Waals surface area (Å²) in [6.07, 6.45) is 3.11. The van der Waals surface area contributed by atoms with E-state index >= 15 is 0 Å². The van der Waals surface area contributed by atoms with Crippen molar-refractivity contribution in [3.05, 3.63) is 16.6 Å². The Balaban J connectivity index is 2.28. The van der Waals surface area contributed by atoms with Crippen molar-refractivity contribution in [2.75, 3.05) is 18.1 Å². The molecule has 1 fully saturated rings. The van der Waals surface area contributed by atoms with Gasteiger partial charge in [-0.25, -0.2) is 4.98 Å². The molecule has 1 atom stereocenters. The highest BCUT2D eigenvalue weighted by Gasteiger charge is 2.42. The van der Waals surface area contributed by atoms with Gasteiger partial charge < -0.3 is 5.32 Å². The first-order valence-corrected chi connectivity index (χ1v) is 7.84. The molecule has 4 heteroatoms. The number of thioether (sulfide) groups is 1. The van der Waals surface area contributed by atoms with Crippen molar-refractivity contribution in [1.29, 1.82) is 0 Å². The minimum absolute atomic E-state index is 0.106. The standard InChI is InChI=1S/C12H20N2S2/c1-4-14-12(10-13-5-6-16-10)7-11(2,3)8-15-9-12/h5-6,14H,4,7-9H2,1-3H3. The summed E-state index contributed by atoms with van der Waals surface area (Å²) in [5.41, 5.74) is 0.506. The Morgan fingerprint density at radius 1 is 1.44 bits per heavy atom. The molecule has 1 unspecified atom stereocenters. The molecule has 1 aliphatic rings. The van der Waals surface area contributed by atoms with Gasteiger partial charge in [-0.15, -0.1) is 11.3 Å². The molecule has 2 heterocycles. The highest BCUT2D eigenvalue weighted by atomic mass is 32.2. The number of nitrogens with one attached hydrogen (secondary N) is 1. The molecular weight excluding hydrogens is 236 g/mol. The van der Waals surface area contributed by atoms with Crippen LogP contribution in [0.15, 0.2) is 11.6 Å². The summed E-state index contributed by atoms with van der Waals surface area (Å²) in [5, 5.41) is 7.03. The van der Waals surface area contributed by atoms with Crippen LogP contribution in [-0.4, -0.2) is 23.0 Å². The van der Waals surface area contributed by atoms with Crippen molar-refractivity contribution in [3.63, 3.8) is 0 Å². The third kappa shape index (κ3) is 2.44. The first kappa shape index (κ1) is 12.4. The molecular formula is C12H20N2S2. The van der Waals surface area contributed by atoms with Crippen molar-refractivity contribution in [2.45, 2.75) is 32.7 Å². The van der Waals surface area contributed by atoms with E-state index in [1.165, 1.54) is 17.2 Å². The average molecular weight is 256 g/mol. The van der Waals surface area contributed by atoms with Crippen molar-refractivity contribution >= 4 is 23.1 Å². The Morgan fingerprint density at radius 2 is 2.25 bits per heavy atom. The second-order valence-electron chi connectivity index (χ2n) is 5.28. The van der Waals surface area contributed by atoms with Gasteiger partial charge in [-0.05, 0) is 24.1 Å². The van der Waals surface area contributed by atoms with Crippen molar-refractivity contribution in [1.82, 2.24) is 10.3 Å². The Bertz CT molecular complexity index is 331. The van der Waals surface area contributed by atoms with E-state index in [1.807, 2.05) is 6.20 Å². The van der Waals surface area contributed by atoms with E-state index in [1.54, 1.807) is 11.3 Å². The molecule has 0 amide bonds. The highest BCUT2D eigenvalue weighted by Crippen LogP contribution is 2.44. The fraction of sp³-hybridized carbons (Fsp3) is 0.750. The summed E-state index contributed by atoms with van der Waals surface area (Å²) in [6, 6.07) is 0. The third-order valence-corrected chi connectivity index (χ3v) is 5.64. The smallest absolute Gasteiger partial charge is 0.114 e. The molecule has 1 aliphatic heterocycles. The second kappa shape index (κ2) is 4.67. The lowest BCUT2D eigenvalue weighted by molar-refractivity contribution is 0.227. The molecule has 2 rings (SSSR count). The fourth-order valence-electron chi connectivity index (χ4n) is 2.55. The molecule has 90 valence electrons. The number of rotatable bonds is 3. The van der Waals surface area contributed by atoms with Crippen LogP contribution in [0.2, 0.25) is 0 Å². The lowest BCUT2D eigenvalue weighted by Crippen LogP contribution is -2.50. The fourth-order valence-corrected chi connectivity index (χ4v) is 4.90. The van der Waals surface area contributed by atoms with Gasteiger partial charge in [0.2, 0.25) is 0 Å². The Hall–Kier alpha value is -0.0600. The monoisotopic (exact) mass is 256 g/mol. The molecule has 1 saturated heterocycles. The zero-order chi connectivity index (χ0) is 11.6. The van der Waals surface area contributed by atoms with E-state index < -0.39 is 0 Å². The van der Waals surface area contributed by atoms with Gasteiger partial charge in [0, 0.05) is 17.3 Å². The van der Waals surface area contributed by atoms with Crippen LogP contribution >= 0.6 is 23.1 Å². The van der Waals surface area contributed by atoms with Gasteiger partial charge >= 0.3 is 0 Å². The molecule has 1 aromatic rings. The molecule has 1 N–H and O–H groups in total. The number of hydrogen-bond acceptors (Lipinski definition) is 4. The van der Waals surface area contributed by atoms with Gasteiger partial charge in [0.25, 0.3) is 0 Å². The predicted molar refractivity (Wildman–Crippen MR) is 73.2 cm³/mol. The van der Waals surface area contributed by atoms with E-state index in [2.05, 4.69) is 48.2 Å². The summed E-state index contributed by atoms with van der Waals surface area (Å²) in [5.74, 6) is 2.41. The highest BCUT2D eigenvalue weighted by molar-refractivity contribution is 7.99.